The largest absolute Gasteiger partial charge is 0.327 e. The van der Waals surface area contributed by atoms with E-state index >= 15 is 0 Å². The van der Waals surface area contributed by atoms with E-state index in [0.29, 0.717) is 6.42 Å². The van der Waals surface area contributed by atoms with Gasteiger partial charge in [-0.05, 0) is 53.4 Å². The number of anilines is 1. The third kappa shape index (κ3) is 4.42. The van der Waals surface area contributed by atoms with Gasteiger partial charge in [0.15, 0.2) is 0 Å². The summed E-state index contributed by atoms with van der Waals surface area (Å²) >= 11 is 3.48. The van der Waals surface area contributed by atoms with Gasteiger partial charge < -0.3 is 11.1 Å². The zero-order chi connectivity index (χ0) is 13.7. The molecule has 0 saturated carbocycles. The van der Waals surface area contributed by atoms with E-state index in [4.69, 9.17) is 5.73 Å². The average Bonchev–Trinajstić information content (AvgIpc) is 2.23. The van der Waals surface area contributed by atoms with Crippen LogP contribution in [0, 0.1) is 13.8 Å². The molecule has 0 aliphatic carbocycles. The Morgan fingerprint density at radius 3 is 2.67 bits per heavy atom. The van der Waals surface area contributed by atoms with Gasteiger partial charge in [-0.1, -0.05) is 19.4 Å². The maximum absolute atomic E-state index is 11.9. The lowest BCUT2D eigenvalue weighted by Crippen LogP contribution is -2.27. The molecule has 0 saturated heterocycles. The summed E-state index contributed by atoms with van der Waals surface area (Å²) in [6.07, 6.45) is 2.25. The van der Waals surface area contributed by atoms with Crippen molar-refractivity contribution in [2.24, 2.45) is 5.73 Å². The van der Waals surface area contributed by atoms with Crippen molar-refractivity contribution in [2.75, 3.05) is 5.32 Å². The molecule has 1 aromatic carbocycles. The van der Waals surface area contributed by atoms with Crippen LogP contribution < -0.4 is 11.1 Å². The number of halogens is 1. The number of aryl methyl sites for hydroxylation is 2. The second-order valence-corrected chi connectivity index (χ2v) is 5.59. The molecule has 4 heteroatoms. The van der Waals surface area contributed by atoms with Crippen molar-refractivity contribution < 1.29 is 4.79 Å². The molecule has 0 bridgehead atoms. The van der Waals surface area contributed by atoms with Crippen LogP contribution in [-0.4, -0.2) is 11.9 Å². The lowest BCUT2D eigenvalue weighted by molar-refractivity contribution is -0.116. The Kier molecular flexibility index (Phi) is 5.82. The first-order valence-corrected chi connectivity index (χ1v) is 7.05. The zero-order valence-corrected chi connectivity index (χ0v) is 12.8. The standard InChI is InChI=1S/C14H21BrN2O/c1-4-5-11(16)8-13(18)17-14-10(3)6-9(2)7-12(14)15/h6-7,11H,4-5,8,16H2,1-3H3,(H,17,18). The minimum Gasteiger partial charge on any atom is -0.327 e. The monoisotopic (exact) mass is 312 g/mol. The number of nitrogens with one attached hydrogen (secondary N) is 1. The summed E-state index contributed by atoms with van der Waals surface area (Å²) < 4.78 is 0.914. The number of nitrogens with two attached hydrogens (primary N) is 1. The maximum Gasteiger partial charge on any atom is 0.225 e. The molecule has 0 heterocycles. The molecule has 0 spiro atoms. The molecule has 0 radical (unpaired) electrons. The van der Waals surface area contributed by atoms with Crippen molar-refractivity contribution >= 4 is 27.5 Å². The van der Waals surface area contributed by atoms with Gasteiger partial charge in [0, 0.05) is 16.9 Å². The van der Waals surface area contributed by atoms with Gasteiger partial charge in [0.1, 0.15) is 0 Å². The summed E-state index contributed by atoms with van der Waals surface area (Å²) in [6, 6.07) is 3.99. The summed E-state index contributed by atoms with van der Waals surface area (Å²) in [6.45, 7) is 6.08. The van der Waals surface area contributed by atoms with E-state index in [1.165, 1.54) is 5.56 Å². The van der Waals surface area contributed by atoms with E-state index in [-0.39, 0.29) is 11.9 Å². The van der Waals surface area contributed by atoms with Crippen LogP contribution in [0.25, 0.3) is 0 Å². The number of carbonyl (C=O) groups excluding carboxylic acids is 1. The Balaban J connectivity index is 2.70. The van der Waals surface area contributed by atoms with Crippen molar-refractivity contribution in [2.45, 2.75) is 46.1 Å². The van der Waals surface area contributed by atoms with E-state index in [1.54, 1.807) is 0 Å². The molecule has 0 aromatic heterocycles. The fourth-order valence-corrected chi connectivity index (χ4v) is 2.75. The normalized spacial score (nSPS) is 12.3. The highest BCUT2D eigenvalue weighted by molar-refractivity contribution is 9.10. The van der Waals surface area contributed by atoms with Crippen LogP contribution in [0.2, 0.25) is 0 Å². The van der Waals surface area contributed by atoms with Crippen LogP contribution in [0.5, 0.6) is 0 Å². The third-order valence-electron chi connectivity index (χ3n) is 2.80. The van der Waals surface area contributed by atoms with Gasteiger partial charge in [0.2, 0.25) is 5.91 Å². The predicted octanol–water partition coefficient (Wildman–Crippen LogP) is 3.52. The SMILES string of the molecule is CCCC(N)CC(=O)Nc1c(C)cc(C)cc1Br. The average molecular weight is 313 g/mol. The summed E-state index contributed by atoms with van der Waals surface area (Å²) in [4.78, 5) is 11.9. The summed E-state index contributed by atoms with van der Waals surface area (Å²) in [5, 5.41) is 2.93. The number of carbonyl (C=O) groups is 1. The molecule has 1 atom stereocenters. The van der Waals surface area contributed by atoms with Gasteiger partial charge in [-0.15, -0.1) is 0 Å². The van der Waals surface area contributed by atoms with Gasteiger partial charge in [0.05, 0.1) is 5.69 Å². The molecule has 3 N–H and O–H groups in total. The van der Waals surface area contributed by atoms with E-state index < -0.39 is 0 Å². The first-order chi connectivity index (χ1) is 8.43. The first-order valence-electron chi connectivity index (χ1n) is 6.26. The second-order valence-electron chi connectivity index (χ2n) is 4.74. The van der Waals surface area contributed by atoms with E-state index in [0.717, 1.165) is 28.6 Å². The van der Waals surface area contributed by atoms with Crippen LogP contribution >= 0.6 is 15.9 Å². The maximum atomic E-state index is 11.9. The molecule has 1 unspecified atom stereocenters. The fourth-order valence-electron chi connectivity index (χ4n) is 1.98. The molecule has 18 heavy (non-hydrogen) atoms. The molecule has 1 aromatic rings. The van der Waals surface area contributed by atoms with Crippen LogP contribution in [0.1, 0.15) is 37.3 Å². The predicted molar refractivity (Wildman–Crippen MR) is 79.7 cm³/mol. The molecule has 3 nitrogen and oxygen atoms in total. The van der Waals surface area contributed by atoms with Crippen LogP contribution in [-0.2, 0) is 4.79 Å². The highest BCUT2D eigenvalue weighted by atomic mass is 79.9. The molecule has 0 fully saturated rings. The third-order valence-corrected chi connectivity index (χ3v) is 3.43. The number of hydrogen-bond donors (Lipinski definition) is 2. The first kappa shape index (κ1) is 15.2. The Morgan fingerprint density at radius 2 is 2.11 bits per heavy atom. The Labute approximate surface area is 117 Å². The summed E-state index contributed by atoms with van der Waals surface area (Å²) in [7, 11) is 0. The Bertz CT molecular complexity index is 409. The lowest BCUT2D eigenvalue weighted by atomic mass is 10.1. The topological polar surface area (TPSA) is 55.1 Å². The van der Waals surface area contributed by atoms with Gasteiger partial charge in [-0.3, -0.25) is 4.79 Å². The van der Waals surface area contributed by atoms with Gasteiger partial charge >= 0.3 is 0 Å². The Hall–Kier alpha value is -0.870. The molecule has 1 amide bonds. The van der Waals surface area contributed by atoms with Crippen molar-refractivity contribution in [3.8, 4) is 0 Å². The molecule has 100 valence electrons. The summed E-state index contributed by atoms with van der Waals surface area (Å²) in [5.41, 5.74) is 8.93. The molecular formula is C14H21BrN2O. The van der Waals surface area contributed by atoms with Crippen LogP contribution in [0.15, 0.2) is 16.6 Å². The molecule has 0 aliphatic heterocycles. The quantitative estimate of drug-likeness (QED) is 0.874. The zero-order valence-electron chi connectivity index (χ0n) is 11.2. The summed E-state index contributed by atoms with van der Waals surface area (Å²) in [5.74, 6) is -0.0244. The molecule has 0 aliphatic rings. The smallest absolute Gasteiger partial charge is 0.225 e. The van der Waals surface area contributed by atoms with Crippen LogP contribution in [0.4, 0.5) is 5.69 Å². The minimum atomic E-state index is -0.0560. The lowest BCUT2D eigenvalue weighted by Gasteiger charge is -2.14. The Morgan fingerprint density at radius 1 is 1.44 bits per heavy atom. The number of rotatable bonds is 5. The van der Waals surface area contributed by atoms with Crippen LogP contribution in [0.3, 0.4) is 0 Å². The van der Waals surface area contributed by atoms with E-state index in [2.05, 4.69) is 28.2 Å². The molecular weight excluding hydrogens is 292 g/mol. The van der Waals surface area contributed by atoms with E-state index in [9.17, 15) is 4.79 Å². The van der Waals surface area contributed by atoms with Crippen molar-refractivity contribution in [3.63, 3.8) is 0 Å². The van der Waals surface area contributed by atoms with E-state index in [1.807, 2.05) is 26.0 Å². The fraction of sp³-hybridized carbons (Fsp3) is 0.500. The second kappa shape index (κ2) is 6.90. The number of amides is 1. The minimum absolute atomic E-state index is 0.0244. The number of benzene rings is 1. The molecule has 1 rings (SSSR count). The van der Waals surface area contributed by atoms with Gasteiger partial charge in [-0.2, -0.15) is 0 Å². The van der Waals surface area contributed by atoms with Crippen molar-refractivity contribution in [3.05, 3.63) is 27.7 Å². The number of hydrogen-bond acceptors (Lipinski definition) is 2. The van der Waals surface area contributed by atoms with Gasteiger partial charge in [0.25, 0.3) is 0 Å². The highest BCUT2D eigenvalue weighted by Crippen LogP contribution is 2.27. The van der Waals surface area contributed by atoms with Crippen molar-refractivity contribution in [1.29, 1.82) is 0 Å². The highest BCUT2D eigenvalue weighted by Gasteiger charge is 2.12. The van der Waals surface area contributed by atoms with Gasteiger partial charge in [-0.25, -0.2) is 0 Å². The van der Waals surface area contributed by atoms with Crippen molar-refractivity contribution in [1.82, 2.24) is 0 Å².